The molecule has 0 unspecified atom stereocenters. The topological polar surface area (TPSA) is 98.9 Å². The van der Waals surface area contributed by atoms with Crippen molar-refractivity contribution >= 4 is 11.7 Å². The van der Waals surface area contributed by atoms with Gasteiger partial charge in [-0.1, -0.05) is 6.07 Å². The lowest BCUT2D eigenvalue weighted by atomic mass is 10.1. The van der Waals surface area contributed by atoms with Crippen molar-refractivity contribution in [3.05, 3.63) is 53.4 Å². The zero-order chi connectivity index (χ0) is 14.5. The summed E-state index contributed by atoms with van der Waals surface area (Å²) in [5, 5.41) is 20.7. The van der Waals surface area contributed by atoms with Crippen LogP contribution in [0.1, 0.15) is 21.6 Å². The third-order valence-corrected chi connectivity index (χ3v) is 2.60. The summed E-state index contributed by atoms with van der Waals surface area (Å²) in [6, 6.07) is 5.91. The van der Waals surface area contributed by atoms with Gasteiger partial charge in [-0.3, -0.25) is 0 Å². The van der Waals surface area contributed by atoms with E-state index in [0.717, 1.165) is 0 Å². The van der Waals surface area contributed by atoms with E-state index in [2.05, 4.69) is 15.3 Å². The number of carbonyl (C=O) groups is 1. The molecule has 2 rings (SSSR count). The Morgan fingerprint density at radius 3 is 3.00 bits per heavy atom. The van der Waals surface area contributed by atoms with Crippen molar-refractivity contribution in [2.45, 2.75) is 6.54 Å². The Balaban J connectivity index is 2.24. The second-order valence-corrected chi connectivity index (χ2v) is 3.82. The third-order valence-electron chi connectivity index (χ3n) is 2.60. The lowest BCUT2D eigenvalue weighted by Crippen LogP contribution is -2.10. The number of nitrogens with one attached hydrogen (secondary N) is 1. The van der Waals surface area contributed by atoms with Gasteiger partial charge in [0.1, 0.15) is 29.3 Å². The standard InChI is InChI=1S/C13H9FN4O2/c14-10-2-1-3-11(8(10)4-15)17-6-12-9(13(19)20)5-16-7-18-12/h1-3,5,7,17H,6H2,(H,19,20). The van der Waals surface area contributed by atoms with Crippen LogP contribution in [-0.4, -0.2) is 21.0 Å². The van der Waals surface area contributed by atoms with Crippen LogP contribution in [0.25, 0.3) is 0 Å². The molecule has 0 aliphatic heterocycles. The number of nitrogens with zero attached hydrogens (tertiary/aromatic N) is 3. The number of carboxylic acids is 1. The van der Waals surface area contributed by atoms with Crippen LogP contribution in [-0.2, 0) is 6.54 Å². The van der Waals surface area contributed by atoms with Crippen LogP contribution in [0.5, 0.6) is 0 Å². The SMILES string of the molecule is N#Cc1c(F)cccc1NCc1ncncc1C(=O)O. The molecule has 0 saturated heterocycles. The molecule has 7 heteroatoms. The first-order chi connectivity index (χ1) is 9.63. The molecule has 0 atom stereocenters. The molecule has 0 spiro atoms. The lowest BCUT2D eigenvalue weighted by Gasteiger charge is -2.09. The van der Waals surface area contributed by atoms with E-state index >= 15 is 0 Å². The Morgan fingerprint density at radius 1 is 1.50 bits per heavy atom. The predicted molar refractivity (Wildman–Crippen MR) is 67.4 cm³/mol. The van der Waals surface area contributed by atoms with Crippen LogP contribution in [0.15, 0.2) is 30.7 Å². The first-order valence-electron chi connectivity index (χ1n) is 5.58. The van der Waals surface area contributed by atoms with E-state index in [1.54, 1.807) is 6.07 Å². The van der Waals surface area contributed by atoms with Crippen molar-refractivity contribution < 1.29 is 14.3 Å². The Hall–Kier alpha value is -3.01. The fourth-order valence-electron chi connectivity index (χ4n) is 1.64. The van der Waals surface area contributed by atoms with Crippen LogP contribution in [0.4, 0.5) is 10.1 Å². The van der Waals surface area contributed by atoms with Gasteiger partial charge in [0.15, 0.2) is 0 Å². The zero-order valence-corrected chi connectivity index (χ0v) is 10.2. The smallest absolute Gasteiger partial charge is 0.339 e. The van der Waals surface area contributed by atoms with E-state index in [1.165, 1.54) is 30.7 Å². The molecule has 0 fully saturated rings. The highest BCUT2D eigenvalue weighted by Crippen LogP contribution is 2.18. The number of aromatic nitrogens is 2. The molecule has 0 aliphatic rings. The minimum atomic E-state index is -1.15. The summed E-state index contributed by atoms with van der Waals surface area (Å²) in [6.45, 7) is 0.0439. The van der Waals surface area contributed by atoms with Crippen molar-refractivity contribution in [1.29, 1.82) is 5.26 Å². The first-order valence-corrected chi connectivity index (χ1v) is 5.58. The van der Waals surface area contributed by atoms with Crippen LogP contribution in [0.2, 0.25) is 0 Å². The first kappa shape index (κ1) is 13.4. The van der Waals surface area contributed by atoms with Gasteiger partial charge in [0.05, 0.1) is 17.9 Å². The van der Waals surface area contributed by atoms with Crippen LogP contribution in [0, 0.1) is 17.1 Å². The van der Waals surface area contributed by atoms with E-state index in [0.29, 0.717) is 0 Å². The highest BCUT2D eigenvalue weighted by molar-refractivity contribution is 5.88. The molecule has 0 bridgehead atoms. The third kappa shape index (κ3) is 2.70. The summed E-state index contributed by atoms with van der Waals surface area (Å²) in [4.78, 5) is 18.5. The number of benzene rings is 1. The summed E-state index contributed by atoms with van der Waals surface area (Å²) in [7, 11) is 0. The highest BCUT2D eigenvalue weighted by Gasteiger charge is 2.12. The van der Waals surface area contributed by atoms with E-state index in [4.69, 9.17) is 10.4 Å². The summed E-state index contributed by atoms with van der Waals surface area (Å²) >= 11 is 0. The Bertz CT molecular complexity index is 697. The molecule has 0 saturated carbocycles. The quantitative estimate of drug-likeness (QED) is 0.880. The van der Waals surface area contributed by atoms with Crippen LogP contribution >= 0.6 is 0 Å². The fraction of sp³-hybridized carbons (Fsp3) is 0.0769. The second-order valence-electron chi connectivity index (χ2n) is 3.82. The molecule has 20 heavy (non-hydrogen) atoms. The van der Waals surface area contributed by atoms with Gasteiger partial charge < -0.3 is 10.4 Å². The van der Waals surface area contributed by atoms with Crippen molar-refractivity contribution in [1.82, 2.24) is 9.97 Å². The average Bonchev–Trinajstić information content (AvgIpc) is 2.45. The molecule has 0 amide bonds. The predicted octanol–water partition coefficient (Wildman–Crippen LogP) is 1.80. The van der Waals surface area contributed by atoms with Crippen LogP contribution < -0.4 is 5.32 Å². The van der Waals surface area contributed by atoms with Gasteiger partial charge in [0.2, 0.25) is 0 Å². The molecule has 0 aliphatic carbocycles. The zero-order valence-electron chi connectivity index (χ0n) is 10.2. The number of hydrogen-bond donors (Lipinski definition) is 2. The van der Waals surface area contributed by atoms with E-state index < -0.39 is 11.8 Å². The van der Waals surface area contributed by atoms with Crippen molar-refractivity contribution in [3.63, 3.8) is 0 Å². The summed E-state index contributed by atoms with van der Waals surface area (Å²) < 4.78 is 13.4. The monoisotopic (exact) mass is 272 g/mol. The molecule has 100 valence electrons. The maximum absolute atomic E-state index is 13.4. The van der Waals surface area contributed by atoms with Crippen molar-refractivity contribution in [2.75, 3.05) is 5.32 Å². The molecule has 6 nitrogen and oxygen atoms in total. The average molecular weight is 272 g/mol. The molecule has 1 heterocycles. The normalized spacial score (nSPS) is 9.80. The van der Waals surface area contributed by atoms with Crippen molar-refractivity contribution in [3.8, 4) is 6.07 Å². The summed E-state index contributed by atoms with van der Waals surface area (Å²) in [5.74, 6) is -1.79. The molecule has 1 aromatic heterocycles. The van der Waals surface area contributed by atoms with E-state index in [-0.39, 0.29) is 29.1 Å². The van der Waals surface area contributed by atoms with Crippen LogP contribution in [0.3, 0.4) is 0 Å². The number of halogens is 1. The van der Waals surface area contributed by atoms with Gasteiger partial charge in [0.25, 0.3) is 0 Å². The molecule has 2 N–H and O–H groups in total. The summed E-state index contributed by atoms with van der Waals surface area (Å²) in [5.41, 5.74) is 0.358. The number of rotatable bonds is 4. The molecular weight excluding hydrogens is 263 g/mol. The Kier molecular flexibility index (Phi) is 3.86. The van der Waals surface area contributed by atoms with Gasteiger partial charge in [-0.25, -0.2) is 19.2 Å². The van der Waals surface area contributed by atoms with Gasteiger partial charge in [-0.15, -0.1) is 0 Å². The number of nitriles is 1. The highest BCUT2D eigenvalue weighted by atomic mass is 19.1. The van der Waals surface area contributed by atoms with E-state index in [1.807, 2.05) is 0 Å². The molecule has 0 radical (unpaired) electrons. The van der Waals surface area contributed by atoms with Gasteiger partial charge in [0, 0.05) is 6.20 Å². The number of carboxylic acid groups (broad SMARTS) is 1. The molecule has 1 aromatic carbocycles. The second kappa shape index (κ2) is 5.75. The van der Waals surface area contributed by atoms with Gasteiger partial charge >= 0.3 is 5.97 Å². The summed E-state index contributed by atoms with van der Waals surface area (Å²) in [6.07, 6.45) is 2.41. The van der Waals surface area contributed by atoms with Gasteiger partial charge in [-0.05, 0) is 12.1 Å². The van der Waals surface area contributed by atoms with E-state index in [9.17, 15) is 9.18 Å². The number of hydrogen-bond acceptors (Lipinski definition) is 5. The minimum absolute atomic E-state index is 0.0439. The largest absolute Gasteiger partial charge is 0.478 e. The Labute approximate surface area is 113 Å². The maximum Gasteiger partial charge on any atom is 0.339 e. The minimum Gasteiger partial charge on any atom is -0.478 e. The molecule has 2 aromatic rings. The molecular formula is C13H9FN4O2. The lowest BCUT2D eigenvalue weighted by molar-refractivity contribution is 0.0694. The maximum atomic E-state index is 13.4. The number of aromatic carboxylic acids is 1. The number of anilines is 1. The fourth-order valence-corrected chi connectivity index (χ4v) is 1.64. The Morgan fingerprint density at radius 2 is 2.30 bits per heavy atom. The van der Waals surface area contributed by atoms with Crippen molar-refractivity contribution in [2.24, 2.45) is 0 Å². The van der Waals surface area contributed by atoms with Gasteiger partial charge in [-0.2, -0.15) is 5.26 Å².